The van der Waals surface area contributed by atoms with E-state index in [1.165, 1.54) is 0 Å². The molecule has 17 heavy (non-hydrogen) atoms. The molecule has 0 aliphatic heterocycles. The Morgan fingerprint density at radius 2 is 2.24 bits per heavy atom. The quantitative estimate of drug-likeness (QED) is 0.825. The average molecular weight is 234 g/mol. The van der Waals surface area contributed by atoms with E-state index in [0.29, 0.717) is 6.42 Å². The summed E-state index contributed by atoms with van der Waals surface area (Å²) in [5.41, 5.74) is 6.13. The zero-order valence-electron chi connectivity index (χ0n) is 10.2. The van der Waals surface area contributed by atoms with Crippen LogP contribution in [0.4, 0.5) is 0 Å². The Morgan fingerprint density at radius 1 is 1.41 bits per heavy atom. The van der Waals surface area contributed by atoms with E-state index in [1.807, 2.05) is 22.5 Å². The van der Waals surface area contributed by atoms with E-state index in [0.717, 1.165) is 24.6 Å². The SMILES string of the molecule is CCCn1ncnc1CC(N)c1nccn1C. The fourth-order valence-corrected chi connectivity index (χ4v) is 1.87. The van der Waals surface area contributed by atoms with Crippen molar-refractivity contribution < 1.29 is 0 Å². The van der Waals surface area contributed by atoms with E-state index in [2.05, 4.69) is 22.0 Å². The highest BCUT2D eigenvalue weighted by atomic mass is 15.3. The summed E-state index contributed by atoms with van der Waals surface area (Å²) in [5, 5.41) is 4.19. The van der Waals surface area contributed by atoms with Crippen LogP contribution >= 0.6 is 0 Å². The molecule has 0 aliphatic rings. The lowest BCUT2D eigenvalue weighted by atomic mass is 10.2. The van der Waals surface area contributed by atoms with Crippen molar-refractivity contribution in [3.63, 3.8) is 0 Å². The second kappa shape index (κ2) is 5.09. The third kappa shape index (κ3) is 2.52. The van der Waals surface area contributed by atoms with Gasteiger partial charge in [-0.2, -0.15) is 5.10 Å². The molecule has 2 aromatic rings. The number of hydrogen-bond acceptors (Lipinski definition) is 4. The Hall–Kier alpha value is -1.69. The van der Waals surface area contributed by atoms with Crippen LogP contribution in [0.1, 0.15) is 31.0 Å². The van der Waals surface area contributed by atoms with Crippen molar-refractivity contribution in [1.82, 2.24) is 24.3 Å². The monoisotopic (exact) mass is 234 g/mol. The molecular formula is C11H18N6. The predicted octanol–water partition coefficient (Wildman–Crippen LogP) is 0.664. The van der Waals surface area contributed by atoms with Gasteiger partial charge in [-0.25, -0.2) is 9.97 Å². The third-order valence-corrected chi connectivity index (χ3v) is 2.72. The van der Waals surface area contributed by atoms with Gasteiger partial charge in [-0.05, 0) is 6.42 Å². The van der Waals surface area contributed by atoms with Crippen molar-refractivity contribution in [1.29, 1.82) is 0 Å². The molecule has 0 saturated heterocycles. The van der Waals surface area contributed by atoms with Gasteiger partial charge in [0, 0.05) is 32.4 Å². The van der Waals surface area contributed by atoms with Crippen LogP contribution in [-0.4, -0.2) is 24.3 Å². The van der Waals surface area contributed by atoms with E-state index < -0.39 is 0 Å². The van der Waals surface area contributed by atoms with Crippen LogP contribution in [0, 0.1) is 0 Å². The summed E-state index contributed by atoms with van der Waals surface area (Å²) in [5.74, 6) is 1.79. The summed E-state index contributed by atoms with van der Waals surface area (Å²) in [6, 6.07) is -0.144. The Labute approximate surface area is 100 Å². The van der Waals surface area contributed by atoms with Crippen LogP contribution in [0.2, 0.25) is 0 Å². The number of hydrogen-bond donors (Lipinski definition) is 1. The Balaban J connectivity index is 2.10. The normalized spacial score (nSPS) is 12.9. The number of aromatic nitrogens is 5. The molecule has 0 saturated carbocycles. The summed E-state index contributed by atoms with van der Waals surface area (Å²) in [6.07, 6.45) is 6.92. The summed E-state index contributed by atoms with van der Waals surface area (Å²) < 4.78 is 3.84. The van der Waals surface area contributed by atoms with Crippen molar-refractivity contribution >= 4 is 0 Å². The lowest BCUT2D eigenvalue weighted by molar-refractivity contribution is 0.534. The summed E-state index contributed by atoms with van der Waals surface area (Å²) in [4.78, 5) is 8.50. The molecule has 0 spiro atoms. The van der Waals surface area contributed by atoms with Crippen LogP contribution < -0.4 is 5.73 Å². The first-order chi connectivity index (χ1) is 8.22. The highest BCUT2D eigenvalue weighted by molar-refractivity contribution is 5.02. The van der Waals surface area contributed by atoms with E-state index in [-0.39, 0.29) is 6.04 Å². The second-order valence-corrected chi connectivity index (χ2v) is 4.11. The van der Waals surface area contributed by atoms with Crippen molar-refractivity contribution in [2.75, 3.05) is 0 Å². The molecule has 0 aliphatic carbocycles. The van der Waals surface area contributed by atoms with Crippen molar-refractivity contribution in [3.8, 4) is 0 Å². The molecule has 6 nitrogen and oxygen atoms in total. The van der Waals surface area contributed by atoms with Crippen molar-refractivity contribution in [2.24, 2.45) is 12.8 Å². The summed E-state index contributed by atoms with van der Waals surface area (Å²) >= 11 is 0. The lowest BCUT2D eigenvalue weighted by Gasteiger charge is -2.11. The molecule has 1 unspecified atom stereocenters. The molecule has 0 radical (unpaired) electrons. The molecule has 2 rings (SSSR count). The van der Waals surface area contributed by atoms with Crippen molar-refractivity contribution in [3.05, 3.63) is 30.4 Å². The van der Waals surface area contributed by atoms with Gasteiger partial charge in [0.25, 0.3) is 0 Å². The van der Waals surface area contributed by atoms with Gasteiger partial charge in [0.05, 0.1) is 6.04 Å². The van der Waals surface area contributed by atoms with Gasteiger partial charge < -0.3 is 10.3 Å². The molecule has 0 amide bonds. The molecule has 0 aromatic carbocycles. The number of nitrogens with zero attached hydrogens (tertiary/aromatic N) is 5. The molecular weight excluding hydrogens is 216 g/mol. The van der Waals surface area contributed by atoms with Gasteiger partial charge in [0.15, 0.2) is 0 Å². The topological polar surface area (TPSA) is 74.6 Å². The largest absolute Gasteiger partial charge is 0.337 e. The Kier molecular flexibility index (Phi) is 3.53. The van der Waals surface area contributed by atoms with E-state index in [9.17, 15) is 0 Å². The van der Waals surface area contributed by atoms with Crippen molar-refractivity contribution in [2.45, 2.75) is 32.4 Å². The fourth-order valence-electron chi connectivity index (χ4n) is 1.87. The molecule has 2 N–H and O–H groups in total. The number of aryl methyl sites for hydroxylation is 2. The van der Waals surface area contributed by atoms with Gasteiger partial charge in [-0.15, -0.1) is 0 Å². The van der Waals surface area contributed by atoms with Gasteiger partial charge in [-0.3, -0.25) is 4.68 Å². The maximum absolute atomic E-state index is 6.13. The van der Waals surface area contributed by atoms with Gasteiger partial charge in [0.1, 0.15) is 18.0 Å². The zero-order chi connectivity index (χ0) is 12.3. The summed E-state index contributed by atoms with van der Waals surface area (Å²) in [7, 11) is 1.94. The van der Waals surface area contributed by atoms with Crippen LogP contribution in [0.15, 0.2) is 18.7 Å². The van der Waals surface area contributed by atoms with Crippen LogP contribution in [0.5, 0.6) is 0 Å². The first-order valence-electron chi connectivity index (χ1n) is 5.81. The highest BCUT2D eigenvalue weighted by Gasteiger charge is 2.15. The Bertz CT molecular complexity index is 472. The molecule has 2 heterocycles. The molecule has 2 aromatic heterocycles. The van der Waals surface area contributed by atoms with Crippen LogP contribution in [0.3, 0.4) is 0 Å². The highest BCUT2D eigenvalue weighted by Crippen LogP contribution is 2.12. The first kappa shape index (κ1) is 11.8. The number of rotatable bonds is 5. The summed E-state index contributed by atoms with van der Waals surface area (Å²) in [6.45, 7) is 2.99. The first-order valence-corrected chi connectivity index (χ1v) is 5.81. The zero-order valence-corrected chi connectivity index (χ0v) is 10.2. The van der Waals surface area contributed by atoms with E-state index in [1.54, 1.807) is 12.5 Å². The average Bonchev–Trinajstić information content (AvgIpc) is 2.89. The lowest BCUT2D eigenvalue weighted by Crippen LogP contribution is -2.20. The Morgan fingerprint density at radius 3 is 2.88 bits per heavy atom. The molecule has 1 atom stereocenters. The maximum atomic E-state index is 6.13. The number of imidazole rings is 1. The van der Waals surface area contributed by atoms with Gasteiger partial charge >= 0.3 is 0 Å². The molecule has 0 fully saturated rings. The molecule has 0 bridgehead atoms. The minimum Gasteiger partial charge on any atom is -0.337 e. The minimum absolute atomic E-state index is 0.144. The smallest absolute Gasteiger partial charge is 0.138 e. The van der Waals surface area contributed by atoms with Gasteiger partial charge in [0.2, 0.25) is 0 Å². The van der Waals surface area contributed by atoms with Crippen LogP contribution in [0.25, 0.3) is 0 Å². The second-order valence-electron chi connectivity index (χ2n) is 4.11. The predicted molar refractivity (Wildman–Crippen MR) is 64.2 cm³/mol. The van der Waals surface area contributed by atoms with Crippen LogP contribution in [-0.2, 0) is 20.0 Å². The van der Waals surface area contributed by atoms with E-state index >= 15 is 0 Å². The van der Waals surface area contributed by atoms with E-state index in [4.69, 9.17) is 5.73 Å². The molecule has 92 valence electrons. The minimum atomic E-state index is -0.144. The van der Waals surface area contributed by atoms with Gasteiger partial charge in [-0.1, -0.05) is 6.92 Å². The fraction of sp³-hybridized carbons (Fsp3) is 0.545. The molecule has 6 heteroatoms. The maximum Gasteiger partial charge on any atom is 0.138 e. The third-order valence-electron chi connectivity index (χ3n) is 2.72. The number of nitrogens with two attached hydrogens (primary N) is 1. The standard InChI is InChI=1S/C11H18N6/c1-3-5-17-10(14-8-15-17)7-9(12)11-13-4-6-16(11)2/h4,6,8-9H,3,5,7,12H2,1-2H3.